The van der Waals surface area contributed by atoms with Crippen LogP contribution in [0.2, 0.25) is 0 Å². The Kier molecular flexibility index (Phi) is 4.06. The molecule has 0 aliphatic heterocycles. The van der Waals surface area contributed by atoms with Crippen molar-refractivity contribution in [1.82, 2.24) is 0 Å². The van der Waals surface area contributed by atoms with Gasteiger partial charge in [0.1, 0.15) is 5.82 Å². The molecule has 0 saturated heterocycles. The minimum atomic E-state index is -0.406. The molecule has 100 valence electrons. The van der Waals surface area contributed by atoms with Crippen molar-refractivity contribution in [3.05, 3.63) is 35.1 Å². The molecule has 1 aromatic rings. The smallest absolute Gasteiger partial charge is 0.126 e. The van der Waals surface area contributed by atoms with Crippen LogP contribution in [-0.2, 0) is 5.54 Å². The van der Waals surface area contributed by atoms with Gasteiger partial charge >= 0.3 is 0 Å². The van der Waals surface area contributed by atoms with Crippen LogP contribution in [0, 0.1) is 18.7 Å². The fourth-order valence-corrected chi connectivity index (χ4v) is 2.90. The average Bonchev–Trinajstić information content (AvgIpc) is 2.83. The highest BCUT2D eigenvalue weighted by atomic mass is 19.1. The van der Waals surface area contributed by atoms with Gasteiger partial charge in [0.15, 0.2) is 0 Å². The molecule has 2 heteroatoms. The molecule has 0 spiro atoms. The van der Waals surface area contributed by atoms with Gasteiger partial charge in [-0.25, -0.2) is 4.39 Å². The lowest BCUT2D eigenvalue weighted by atomic mass is 9.85. The summed E-state index contributed by atoms with van der Waals surface area (Å²) >= 11 is 0. The first kappa shape index (κ1) is 13.5. The van der Waals surface area contributed by atoms with Crippen LogP contribution in [0.5, 0.6) is 0 Å². The van der Waals surface area contributed by atoms with Crippen molar-refractivity contribution in [3.8, 4) is 0 Å². The highest BCUT2D eigenvalue weighted by Crippen LogP contribution is 2.33. The fraction of sp³-hybridized carbons (Fsp3) is 0.625. The third kappa shape index (κ3) is 3.11. The zero-order valence-electron chi connectivity index (χ0n) is 11.5. The highest BCUT2D eigenvalue weighted by Gasteiger charge is 2.24. The molecule has 1 fully saturated rings. The number of halogens is 1. The van der Waals surface area contributed by atoms with Crippen molar-refractivity contribution < 1.29 is 4.39 Å². The molecular weight excluding hydrogens is 225 g/mol. The fourth-order valence-electron chi connectivity index (χ4n) is 2.90. The minimum absolute atomic E-state index is 0.148. The SMILES string of the molecule is Cc1ccc(C(C)(N)CCC2CCCC2)cc1F. The van der Waals surface area contributed by atoms with Crippen molar-refractivity contribution in [2.24, 2.45) is 11.7 Å². The van der Waals surface area contributed by atoms with Crippen molar-refractivity contribution >= 4 is 0 Å². The molecule has 1 nitrogen and oxygen atoms in total. The van der Waals surface area contributed by atoms with E-state index in [9.17, 15) is 4.39 Å². The predicted molar refractivity (Wildman–Crippen MR) is 73.9 cm³/mol. The summed E-state index contributed by atoms with van der Waals surface area (Å²) in [7, 11) is 0. The Morgan fingerprint density at radius 3 is 2.61 bits per heavy atom. The van der Waals surface area contributed by atoms with Crippen molar-refractivity contribution in [2.45, 2.75) is 57.9 Å². The Hall–Kier alpha value is -0.890. The van der Waals surface area contributed by atoms with Gasteiger partial charge in [0, 0.05) is 5.54 Å². The second-order valence-corrected chi connectivity index (χ2v) is 6.07. The molecule has 0 bridgehead atoms. The van der Waals surface area contributed by atoms with Crippen LogP contribution in [0.3, 0.4) is 0 Å². The van der Waals surface area contributed by atoms with Crippen LogP contribution < -0.4 is 5.73 Å². The van der Waals surface area contributed by atoms with Crippen LogP contribution in [0.15, 0.2) is 18.2 Å². The molecule has 2 rings (SSSR count). The van der Waals surface area contributed by atoms with E-state index in [0.717, 1.165) is 17.9 Å². The number of rotatable bonds is 4. The third-order valence-corrected chi connectivity index (χ3v) is 4.38. The summed E-state index contributed by atoms with van der Waals surface area (Å²) in [6.45, 7) is 3.80. The average molecular weight is 249 g/mol. The van der Waals surface area contributed by atoms with Crippen LogP contribution >= 0.6 is 0 Å². The molecule has 0 amide bonds. The first-order valence-corrected chi connectivity index (χ1v) is 7.04. The van der Waals surface area contributed by atoms with Gasteiger partial charge in [-0.15, -0.1) is 0 Å². The molecule has 1 aliphatic carbocycles. The van der Waals surface area contributed by atoms with E-state index in [1.165, 1.54) is 32.1 Å². The van der Waals surface area contributed by atoms with Gasteiger partial charge in [0.2, 0.25) is 0 Å². The molecule has 1 aliphatic rings. The Balaban J connectivity index is 2.01. The third-order valence-electron chi connectivity index (χ3n) is 4.38. The molecule has 1 unspecified atom stereocenters. The van der Waals surface area contributed by atoms with E-state index < -0.39 is 5.54 Å². The predicted octanol–water partition coefficient (Wildman–Crippen LogP) is 4.28. The van der Waals surface area contributed by atoms with Gasteiger partial charge in [0.25, 0.3) is 0 Å². The van der Waals surface area contributed by atoms with Gasteiger partial charge in [0.05, 0.1) is 0 Å². The molecule has 0 radical (unpaired) electrons. The van der Waals surface area contributed by atoms with E-state index in [1.807, 2.05) is 19.1 Å². The van der Waals surface area contributed by atoms with Gasteiger partial charge in [-0.2, -0.15) is 0 Å². The minimum Gasteiger partial charge on any atom is -0.322 e. The maximum atomic E-state index is 13.6. The summed E-state index contributed by atoms with van der Waals surface area (Å²) in [6.07, 6.45) is 7.54. The summed E-state index contributed by atoms with van der Waals surface area (Å²) < 4.78 is 13.6. The monoisotopic (exact) mass is 249 g/mol. The van der Waals surface area contributed by atoms with E-state index in [-0.39, 0.29) is 5.82 Å². The van der Waals surface area contributed by atoms with Crippen LogP contribution in [0.4, 0.5) is 4.39 Å². The summed E-state index contributed by atoms with van der Waals surface area (Å²) in [5, 5.41) is 0. The number of aryl methyl sites for hydroxylation is 1. The van der Waals surface area contributed by atoms with Gasteiger partial charge in [-0.3, -0.25) is 0 Å². The number of benzene rings is 1. The van der Waals surface area contributed by atoms with Crippen molar-refractivity contribution in [2.75, 3.05) is 0 Å². The normalized spacial score (nSPS) is 20.0. The summed E-state index contributed by atoms with van der Waals surface area (Å²) in [6, 6.07) is 5.39. The number of hydrogen-bond donors (Lipinski definition) is 1. The lowest BCUT2D eigenvalue weighted by Crippen LogP contribution is -2.33. The molecular formula is C16H24FN. The van der Waals surface area contributed by atoms with Gasteiger partial charge in [-0.05, 0) is 49.8 Å². The quantitative estimate of drug-likeness (QED) is 0.847. The van der Waals surface area contributed by atoms with E-state index in [4.69, 9.17) is 5.73 Å². The molecule has 1 aromatic carbocycles. The maximum Gasteiger partial charge on any atom is 0.126 e. The highest BCUT2D eigenvalue weighted by molar-refractivity contribution is 5.28. The molecule has 1 atom stereocenters. The molecule has 2 N–H and O–H groups in total. The van der Waals surface area contributed by atoms with Crippen molar-refractivity contribution in [1.29, 1.82) is 0 Å². The zero-order chi connectivity index (χ0) is 13.2. The van der Waals surface area contributed by atoms with E-state index in [1.54, 1.807) is 13.0 Å². The Morgan fingerprint density at radius 1 is 1.33 bits per heavy atom. The van der Waals surface area contributed by atoms with Crippen LogP contribution in [-0.4, -0.2) is 0 Å². The second kappa shape index (κ2) is 5.40. The van der Waals surface area contributed by atoms with E-state index in [2.05, 4.69) is 0 Å². The number of nitrogens with two attached hydrogens (primary N) is 1. The standard InChI is InChI=1S/C16H24FN/c1-12-7-8-14(11-15(12)17)16(2,18)10-9-13-5-3-4-6-13/h7-8,11,13H,3-6,9-10,18H2,1-2H3. The first-order valence-electron chi connectivity index (χ1n) is 7.04. The zero-order valence-corrected chi connectivity index (χ0v) is 11.5. The summed E-state index contributed by atoms with van der Waals surface area (Å²) in [5.41, 5.74) is 7.57. The lowest BCUT2D eigenvalue weighted by molar-refractivity contribution is 0.372. The number of hydrogen-bond acceptors (Lipinski definition) is 1. The molecule has 0 aromatic heterocycles. The van der Waals surface area contributed by atoms with Crippen LogP contribution in [0.1, 0.15) is 56.6 Å². The maximum absolute atomic E-state index is 13.6. The Morgan fingerprint density at radius 2 is 2.00 bits per heavy atom. The lowest BCUT2D eigenvalue weighted by Gasteiger charge is -2.27. The molecule has 1 saturated carbocycles. The van der Waals surface area contributed by atoms with Crippen molar-refractivity contribution in [3.63, 3.8) is 0 Å². The van der Waals surface area contributed by atoms with Gasteiger partial charge in [-0.1, -0.05) is 37.8 Å². The summed E-state index contributed by atoms with van der Waals surface area (Å²) in [4.78, 5) is 0. The summed E-state index contributed by atoms with van der Waals surface area (Å²) in [5.74, 6) is 0.688. The van der Waals surface area contributed by atoms with E-state index in [0.29, 0.717) is 5.56 Å². The first-order chi connectivity index (χ1) is 8.49. The van der Waals surface area contributed by atoms with E-state index >= 15 is 0 Å². The van der Waals surface area contributed by atoms with Crippen LogP contribution in [0.25, 0.3) is 0 Å². The Labute approximate surface area is 110 Å². The topological polar surface area (TPSA) is 26.0 Å². The Bertz CT molecular complexity index is 406. The van der Waals surface area contributed by atoms with Gasteiger partial charge < -0.3 is 5.73 Å². The second-order valence-electron chi connectivity index (χ2n) is 6.07. The molecule has 0 heterocycles. The molecule has 18 heavy (non-hydrogen) atoms. The largest absolute Gasteiger partial charge is 0.322 e.